The summed E-state index contributed by atoms with van der Waals surface area (Å²) in [5.74, 6) is -1.18. The van der Waals surface area contributed by atoms with Crippen LogP contribution in [-0.2, 0) is 17.8 Å². The number of hydrogen-bond acceptors (Lipinski definition) is 4. The van der Waals surface area contributed by atoms with Gasteiger partial charge in [-0.05, 0) is 44.8 Å². The van der Waals surface area contributed by atoms with Gasteiger partial charge in [-0.2, -0.15) is 5.10 Å². The fraction of sp³-hybridized carbons (Fsp3) is 0.706. The highest BCUT2D eigenvalue weighted by Crippen LogP contribution is 2.14. The van der Waals surface area contributed by atoms with Gasteiger partial charge in [0.15, 0.2) is 0 Å². The molecule has 1 atom stereocenters. The van der Waals surface area contributed by atoms with E-state index in [1.165, 1.54) is 11.1 Å². The van der Waals surface area contributed by atoms with Crippen LogP contribution >= 0.6 is 0 Å². The average molecular weight is 321 g/mol. The van der Waals surface area contributed by atoms with Crippen molar-refractivity contribution in [3.8, 4) is 0 Å². The Bertz CT molecular complexity index is 606. The number of rotatable bonds is 8. The number of aliphatic carboxylic acids is 1. The number of carbonyl (C=O) groups is 1. The number of carboxylic acid groups (broad SMARTS) is 1. The zero-order chi connectivity index (χ0) is 17.0. The van der Waals surface area contributed by atoms with Crippen molar-refractivity contribution in [2.75, 3.05) is 19.6 Å². The molecule has 1 saturated heterocycles. The third-order valence-electron chi connectivity index (χ3n) is 4.34. The summed E-state index contributed by atoms with van der Waals surface area (Å²) in [5.41, 5.74) is 1.31. The van der Waals surface area contributed by atoms with Crippen molar-refractivity contribution in [3.05, 3.63) is 27.7 Å². The van der Waals surface area contributed by atoms with Gasteiger partial charge >= 0.3 is 5.97 Å². The summed E-state index contributed by atoms with van der Waals surface area (Å²) < 4.78 is 1.35. The first-order valence-electron chi connectivity index (χ1n) is 8.39. The average Bonchev–Trinajstić information content (AvgIpc) is 2.41. The van der Waals surface area contributed by atoms with Crippen LogP contribution in [0.5, 0.6) is 0 Å². The molecule has 0 saturated carbocycles. The van der Waals surface area contributed by atoms with Crippen molar-refractivity contribution < 1.29 is 9.90 Å². The topological polar surface area (TPSA) is 75.4 Å². The van der Waals surface area contributed by atoms with Crippen LogP contribution in [0, 0.1) is 18.8 Å². The van der Waals surface area contributed by atoms with Crippen LogP contribution in [0.4, 0.5) is 0 Å². The van der Waals surface area contributed by atoms with Crippen molar-refractivity contribution >= 4 is 5.97 Å². The van der Waals surface area contributed by atoms with Crippen molar-refractivity contribution in [3.63, 3.8) is 0 Å². The highest BCUT2D eigenvalue weighted by molar-refractivity contribution is 5.69. The molecule has 0 aliphatic carbocycles. The minimum atomic E-state index is -0.865. The Morgan fingerprint density at radius 3 is 2.61 bits per heavy atom. The van der Waals surface area contributed by atoms with E-state index in [9.17, 15) is 14.7 Å². The molecule has 0 aromatic carbocycles. The lowest BCUT2D eigenvalue weighted by molar-refractivity contribution is -0.142. The number of likely N-dealkylation sites (tertiary alicyclic amines) is 1. The molecule has 0 bridgehead atoms. The zero-order valence-electron chi connectivity index (χ0n) is 14.3. The predicted octanol–water partition coefficient (Wildman–Crippen LogP) is 1.55. The Morgan fingerprint density at radius 1 is 1.39 bits per heavy atom. The van der Waals surface area contributed by atoms with Crippen molar-refractivity contribution in [1.82, 2.24) is 14.7 Å². The molecule has 2 heterocycles. The predicted molar refractivity (Wildman–Crippen MR) is 88.6 cm³/mol. The van der Waals surface area contributed by atoms with E-state index in [4.69, 9.17) is 0 Å². The van der Waals surface area contributed by atoms with Gasteiger partial charge in [0, 0.05) is 18.5 Å². The Morgan fingerprint density at radius 2 is 2.09 bits per heavy atom. The molecule has 1 aliphatic heterocycles. The van der Waals surface area contributed by atoms with Gasteiger partial charge in [-0.1, -0.05) is 13.8 Å². The smallest absolute Gasteiger partial charge is 0.308 e. The molecule has 23 heavy (non-hydrogen) atoms. The lowest BCUT2D eigenvalue weighted by Gasteiger charge is -2.30. The van der Waals surface area contributed by atoms with E-state index in [1.54, 1.807) is 6.92 Å². The molecule has 0 unspecified atom stereocenters. The van der Waals surface area contributed by atoms with Gasteiger partial charge in [0.25, 0.3) is 5.56 Å². The normalized spacial score (nSPS) is 16.3. The third kappa shape index (κ3) is 4.89. The van der Waals surface area contributed by atoms with Crippen LogP contribution in [0.25, 0.3) is 0 Å². The van der Waals surface area contributed by atoms with E-state index in [0.717, 1.165) is 31.7 Å². The highest BCUT2D eigenvalue weighted by atomic mass is 16.4. The second-order valence-electron chi connectivity index (χ2n) is 6.92. The molecule has 1 aromatic rings. The summed E-state index contributed by atoms with van der Waals surface area (Å²) >= 11 is 0. The van der Waals surface area contributed by atoms with Gasteiger partial charge in [-0.15, -0.1) is 0 Å². The van der Waals surface area contributed by atoms with E-state index in [0.29, 0.717) is 12.0 Å². The van der Waals surface area contributed by atoms with E-state index >= 15 is 0 Å². The van der Waals surface area contributed by atoms with Crippen LogP contribution in [-0.4, -0.2) is 45.4 Å². The minimum absolute atomic E-state index is 0.144. The molecule has 0 amide bonds. The van der Waals surface area contributed by atoms with Gasteiger partial charge in [-0.3, -0.25) is 9.59 Å². The van der Waals surface area contributed by atoms with Gasteiger partial charge in [0.2, 0.25) is 0 Å². The molecule has 1 N–H and O–H groups in total. The third-order valence-corrected chi connectivity index (χ3v) is 4.34. The quantitative estimate of drug-likeness (QED) is 0.786. The molecular weight excluding hydrogens is 294 g/mol. The summed E-state index contributed by atoms with van der Waals surface area (Å²) in [6.07, 6.45) is 2.59. The molecule has 1 aliphatic rings. The summed E-state index contributed by atoms with van der Waals surface area (Å²) in [5, 5.41) is 13.8. The Balaban J connectivity index is 2.13. The maximum absolute atomic E-state index is 12.3. The lowest BCUT2D eigenvalue weighted by atomic mass is 9.97. The van der Waals surface area contributed by atoms with Crippen molar-refractivity contribution in [2.45, 2.75) is 46.6 Å². The molecule has 2 rings (SSSR count). The van der Waals surface area contributed by atoms with E-state index in [-0.39, 0.29) is 18.0 Å². The van der Waals surface area contributed by atoms with Crippen LogP contribution in [0.2, 0.25) is 0 Å². The van der Waals surface area contributed by atoms with Crippen LogP contribution < -0.4 is 5.56 Å². The SMILES string of the molecule is Cc1cc(CCN2CCC2)nn(C[C@H](CC(C)C)C(=O)O)c1=O. The van der Waals surface area contributed by atoms with Crippen LogP contribution in [0.3, 0.4) is 0 Å². The lowest BCUT2D eigenvalue weighted by Crippen LogP contribution is -2.39. The zero-order valence-corrected chi connectivity index (χ0v) is 14.3. The monoisotopic (exact) mass is 321 g/mol. The molecule has 0 spiro atoms. The summed E-state index contributed by atoms with van der Waals surface area (Å²) in [6.45, 7) is 9.10. The summed E-state index contributed by atoms with van der Waals surface area (Å²) in [4.78, 5) is 26.1. The number of hydrogen-bond donors (Lipinski definition) is 1. The standard InChI is InChI=1S/C17H27N3O3/c1-12(2)9-14(17(22)23)11-20-16(21)13(3)10-15(18-20)5-8-19-6-4-7-19/h10,12,14H,4-9,11H2,1-3H3,(H,22,23)/t14-/m0/s1. The highest BCUT2D eigenvalue weighted by Gasteiger charge is 2.21. The van der Waals surface area contributed by atoms with E-state index in [1.807, 2.05) is 19.9 Å². The largest absolute Gasteiger partial charge is 0.481 e. The molecular formula is C17H27N3O3. The van der Waals surface area contributed by atoms with E-state index in [2.05, 4.69) is 10.00 Å². The first-order valence-corrected chi connectivity index (χ1v) is 8.39. The number of nitrogens with zero attached hydrogens (tertiary/aromatic N) is 3. The summed E-state index contributed by atoms with van der Waals surface area (Å²) in [6, 6.07) is 1.83. The number of carboxylic acids is 1. The number of aryl methyl sites for hydroxylation is 1. The second kappa shape index (κ2) is 7.73. The number of aromatic nitrogens is 2. The van der Waals surface area contributed by atoms with Gasteiger partial charge in [0.1, 0.15) is 0 Å². The first-order chi connectivity index (χ1) is 10.9. The fourth-order valence-electron chi connectivity index (χ4n) is 2.90. The first kappa shape index (κ1) is 17.7. The molecule has 0 radical (unpaired) electrons. The minimum Gasteiger partial charge on any atom is -0.481 e. The van der Waals surface area contributed by atoms with Crippen LogP contribution in [0.15, 0.2) is 10.9 Å². The van der Waals surface area contributed by atoms with Crippen molar-refractivity contribution in [2.24, 2.45) is 11.8 Å². The van der Waals surface area contributed by atoms with Gasteiger partial charge in [-0.25, -0.2) is 4.68 Å². The summed E-state index contributed by atoms with van der Waals surface area (Å²) in [7, 11) is 0. The Hall–Kier alpha value is -1.69. The van der Waals surface area contributed by atoms with Gasteiger partial charge in [0.05, 0.1) is 18.2 Å². The molecule has 1 aromatic heterocycles. The van der Waals surface area contributed by atoms with Crippen LogP contribution in [0.1, 0.15) is 37.9 Å². The molecule has 6 heteroatoms. The van der Waals surface area contributed by atoms with Gasteiger partial charge < -0.3 is 10.0 Å². The molecule has 6 nitrogen and oxygen atoms in total. The molecule has 1 fully saturated rings. The van der Waals surface area contributed by atoms with Crippen molar-refractivity contribution in [1.29, 1.82) is 0 Å². The Labute approximate surface area is 137 Å². The Kier molecular flexibility index (Phi) is 5.93. The maximum atomic E-state index is 12.3. The van der Waals surface area contributed by atoms with E-state index < -0.39 is 11.9 Å². The molecule has 128 valence electrons. The fourth-order valence-corrected chi connectivity index (χ4v) is 2.90. The maximum Gasteiger partial charge on any atom is 0.308 e. The second-order valence-corrected chi connectivity index (χ2v) is 6.92.